The molecular formula is C16H23N3OS. The number of nitrogens with one attached hydrogen (secondary N) is 1. The van der Waals surface area contributed by atoms with Crippen molar-refractivity contribution in [3.8, 4) is 0 Å². The van der Waals surface area contributed by atoms with Crippen LogP contribution in [-0.4, -0.2) is 24.6 Å². The quantitative estimate of drug-likeness (QED) is 0.840. The normalized spacial score (nSPS) is 15.5. The lowest BCUT2D eigenvalue weighted by molar-refractivity contribution is 0.0944. The van der Waals surface area contributed by atoms with Crippen LogP contribution in [0.1, 0.15) is 42.5 Å². The van der Waals surface area contributed by atoms with Gasteiger partial charge in [-0.25, -0.2) is 0 Å². The monoisotopic (exact) mass is 305 g/mol. The highest BCUT2D eigenvalue weighted by molar-refractivity contribution is 7.80. The molecule has 0 saturated heterocycles. The molecular weight excluding hydrogens is 282 g/mol. The summed E-state index contributed by atoms with van der Waals surface area (Å²) in [5.41, 5.74) is 7.01. The van der Waals surface area contributed by atoms with E-state index in [2.05, 4.69) is 5.32 Å². The summed E-state index contributed by atoms with van der Waals surface area (Å²) in [6.07, 6.45) is 6.32. The van der Waals surface area contributed by atoms with Gasteiger partial charge in [0.1, 0.15) is 0 Å². The second kappa shape index (κ2) is 7.41. The van der Waals surface area contributed by atoms with Crippen molar-refractivity contribution in [2.45, 2.75) is 32.1 Å². The molecule has 4 nitrogen and oxygen atoms in total. The summed E-state index contributed by atoms with van der Waals surface area (Å²) < 4.78 is 0. The minimum atomic E-state index is -0.0562. The van der Waals surface area contributed by atoms with Crippen LogP contribution in [0.5, 0.6) is 0 Å². The second-order valence-corrected chi connectivity index (χ2v) is 6.05. The van der Waals surface area contributed by atoms with Crippen molar-refractivity contribution in [3.63, 3.8) is 0 Å². The number of hydrogen-bond donors (Lipinski definition) is 2. The number of para-hydroxylation sites is 1. The highest BCUT2D eigenvalue weighted by atomic mass is 32.1. The summed E-state index contributed by atoms with van der Waals surface area (Å²) >= 11 is 4.99. The predicted octanol–water partition coefficient (Wildman–Crippen LogP) is 2.68. The zero-order valence-electron chi connectivity index (χ0n) is 12.5. The van der Waals surface area contributed by atoms with Crippen LogP contribution >= 0.6 is 12.2 Å². The van der Waals surface area contributed by atoms with Crippen molar-refractivity contribution in [2.75, 3.05) is 18.5 Å². The first kappa shape index (κ1) is 15.8. The lowest BCUT2D eigenvalue weighted by Crippen LogP contribution is -2.35. The molecule has 1 saturated carbocycles. The molecule has 0 atom stereocenters. The fourth-order valence-electron chi connectivity index (χ4n) is 2.80. The van der Waals surface area contributed by atoms with Crippen LogP contribution in [0.25, 0.3) is 0 Å². The number of benzene rings is 1. The number of nitrogens with two attached hydrogens (primary N) is 1. The summed E-state index contributed by atoms with van der Waals surface area (Å²) in [6.45, 7) is 0.754. The van der Waals surface area contributed by atoms with E-state index in [0.29, 0.717) is 11.5 Å². The average molecular weight is 305 g/mol. The smallest absolute Gasteiger partial charge is 0.253 e. The summed E-state index contributed by atoms with van der Waals surface area (Å²) in [7, 11) is 1.77. The lowest BCUT2D eigenvalue weighted by Gasteiger charge is -2.23. The number of anilines is 1. The van der Waals surface area contributed by atoms with Gasteiger partial charge in [0.2, 0.25) is 0 Å². The van der Waals surface area contributed by atoms with E-state index in [0.717, 1.165) is 12.2 Å². The Balaban J connectivity index is 2.03. The second-order valence-electron chi connectivity index (χ2n) is 5.63. The van der Waals surface area contributed by atoms with E-state index < -0.39 is 0 Å². The van der Waals surface area contributed by atoms with Gasteiger partial charge in [-0.3, -0.25) is 4.79 Å². The molecule has 1 aliphatic rings. The SMILES string of the molecule is CN(C(N)=S)c1ccccc1C(=O)NCC1CCCCC1. The Labute approximate surface area is 131 Å². The number of amides is 1. The van der Waals surface area contributed by atoms with Gasteiger partial charge in [0.25, 0.3) is 5.91 Å². The number of carbonyl (C=O) groups is 1. The maximum atomic E-state index is 12.4. The molecule has 114 valence electrons. The van der Waals surface area contributed by atoms with Gasteiger partial charge in [0, 0.05) is 13.6 Å². The van der Waals surface area contributed by atoms with E-state index in [4.69, 9.17) is 18.0 Å². The van der Waals surface area contributed by atoms with Crippen molar-refractivity contribution >= 4 is 28.9 Å². The van der Waals surface area contributed by atoms with Crippen molar-refractivity contribution < 1.29 is 4.79 Å². The van der Waals surface area contributed by atoms with Gasteiger partial charge in [0.05, 0.1) is 11.3 Å². The third-order valence-corrected chi connectivity index (χ3v) is 4.39. The molecule has 0 aliphatic heterocycles. The summed E-state index contributed by atoms with van der Waals surface area (Å²) in [4.78, 5) is 14.1. The minimum Gasteiger partial charge on any atom is -0.376 e. The van der Waals surface area contributed by atoms with Crippen LogP contribution in [-0.2, 0) is 0 Å². The fourth-order valence-corrected chi connectivity index (χ4v) is 2.90. The highest BCUT2D eigenvalue weighted by Gasteiger charge is 2.18. The first-order valence-electron chi connectivity index (χ1n) is 7.50. The molecule has 5 heteroatoms. The van der Waals surface area contributed by atoms with Gasteiger partial charge in [-0.15, -0.1) is 0 Å². The van der Waals surface area contributed by atoms with E-state index in [1.165, 1.54) is 32.1 Å². The Morgan fingerprint density at radius 3 is 2.67 bits per heavy atom. The van der Waals surface area contributed by atoms with Gasteiger partial charge in [-0.1, -0.05) is 31.4 Å². The topological polar surface area (TPSA) is 58.4 Å². The molecule has 0 bridgehead atoms. The van der Waals surface area contributed by atoms with Crippen LogP contribution in [0.4, 0.5) is 5.69 Å². The summed E-state index contributed by atoms with van der Waals surface area (Å²) in [5, 5.41) is 3.31. The standard InChI is InChI=1S/C16H23N3OS/c1-19(16(17)21)14-10-6-5-9-13(14)15(20)18-11-12-7-3-2-4-8-12/h5-6,9-10,12H,2-4,7-8,11H2,1H3,(H2,17,21)(H,18,20). The Morgan fingerprint density at radius 2 is 2.00 bits per heavy atom. The van der Waals surface area contributed by atoms with E-state index in [9.17, 15) is 4.79 Å². The maximum absolute atomic E-state index is 12.4. The number of thiocarbonyl (C=S) groups is 1. The lowest BCUT2D eigenvalue weighted by atomic mass is 9.89. The third kappa shape index (κ3) is 4.17. The number of rotatable bonds is 4. The number of hydrogen-bond acceptors (Lipinski definition) is 2. The third-order valence-electron chi connectivity index (χ3n) is 4.12. The van der Waals surface area contributed by atoms with Crippen molar-refractivity contribution in [1.82, 2.24) is 5.32 Å². The number of carbonyl (C=O) groups excluding carboxylic acids is 1. The fraction of sp³-hybridized carbons (Fsp3) is 0.500. The van der Waals surface area contributed by atoms with Crippen LogP contribution in [0.15, 0.2) is 24.3 Å². The van der Waals surface area contributed by atoms with Crippen LogP contribution in [0.3, 0.4) is 0 Å². The molecule has 1 aromatic carbocycles. The maximum Gasteiger partial charge on any atom is 0.253 e. The molecule has 3 N–H and O–H groups in total. The van der Waals surface area contributed by atoms with Crippen LogP contribution in [0.2, 0.25) is 0 Å². The first-order chi connectivity index (χ1) is 10.1. The van der Waals surface area contributed by atoms with Crippen molar-refractivity contribution in [3.05, 3.63) is 29.8 Å². The van der Waals surface area contributed by atoms with E-state index in [1.807, 2.05) is 18.2 Å². The molecule has 1 fully saturated rings. The van der Waals surface area contributed by atoms with Gasteiger partial charge in [0.15, 0.2) is 5.11 Å². The zero-order valence-corrected chi connectivity index (χ0v) is 13.3. The molecule has 0 unspecified atom stereocenters. The first-order valence-corrected chi connectivity index (χ1v) is 7.91. The molecule has 0 heterocycles. The molecule has 0 aromatic heterocycles. The zero-order chi connectivity index (χ0) is 15.2. The van der Waals surface area contributed by atoms with Gasteiger partial charge >= 0.3 is 0 Å². The summed E-state index contributed by atoms with van der Waals surface area (Å²) in [5.74, 6) is 0.558. The number of nitrogens with zero attached hydrogens (tertiary/aromatic N) is 1. The van der Waals surface area contributed by atoms with Crippen LogP contribution in [0, 0.1) is 5.92 Å². The molecule has 21 heavy (non-hydrogen) atoms. The molecule has 1 amide bonds. The Morgan fingerprint density at radius 1 is 1.33 bits per heavy atom. The molecule has 0 radical (unpaired) electrons. The Hall–Kier alpha value is -1.62. The molecule has 2 rings (SSSR count). The van der Waals surface area contributed by atoms with Crippen LogP contribution < -0.4 is 16.0 Å². The minimum absolute atomic E-state index is 0.0562. The Bertz CT molecular complexity index is 512. The van der Waals surface area contributed by atoms with Gasteiger partial charge < -0.3 is 16.0 Å². The average Bonchev–Trinajstić information content (AvgIpc) is 2.52. The summed E-state index contributed by atoms with van der Waals surface area (Å²) in [6, 6.07) is 7.39. The Kier molecular flexibility index (Phi) is 5.56. The predicted molar refractivity (Wildman–Crippen MR) is 90.5 cm³/mol. The highest BCUT2D eigenvalue weighted by Crippen LogP contribution is 2.23. The van der Waals surface area contributed by atoms with Crippen molar-refractivity contribution in [1.29, 1.82) is 0 Å². The van der Waals surface area contributed by atoms with Crippen molar-refractivity contribution in [2.24, 2.45) is 11.7 Å². The van der Waals surface area contributed by atoms with Gasteiger partial charge in [-0.05, 0) is 43.1 Å². The van der Waals surface area contributed by atoms with E-state index in [1.54, 1.807) is 18.0 Å². The van der Waals surface area contributed by atoms with E-state index in [-0.39, 0.29) is 11.0 Å². The van der Waals surface area contributed by atoms with Gasteiger partial charge in [-0.2, -0.15) is 0 Å². The largest absolute Gasteiger partial charge is 0.376 e. The molecule has 1 aromatic rings. The molecule has 1 aliphatic carbocycles. The molecule has 0 spiro atoms. The van der Waals surface area contributed by atoms with E-state index >= 15 is 0 Å².